The van der Waals surface area contributed by atoms with Crippen LogP contribution < -0.4 is 5.32 Å². The number of anilines is 1. The van der Waals surface area contributed by atoms with Crippen molar-refractivity contribution in [2.75, 3.05) is 5.32 Å². The zero-order valence-electron chi connectivity index (χ0n) is 13.0. The minimum Gasteiger partial charge on any atom is -0.494 e. The van der Waals surface area contributed by atoms with Crippen LogP contribution in [0.4, 0.5) is 10.1 Å². The number of rotatable bonds is 1. The largest absolute Gasteiger partial charge is 0.494 e. The summed E-state index contributed by atoms with van der Waals surface area (Å²) in [4.78, 5) is 12.1. The molecule has 1 aromatic heterocycles. The maximum Gasteiger partial charge on any atom is 0.235 e. The molecule has 2 aliphatic carbocycles. The summed E-state index contributed by atoms with van der Waals surface area (Å²) in [6.45, 7) is 0. The van der Waals surface area contributed by atoms with Gasteiger partial charge in [0, 0.05) is 16.8 Å². The molecule has 6 heteroatoms. The summed E-state index contributed by atoms with van der Waals surface area (Å²) in [5.41, 5.74) is 2.15. The first-order valence-electron chi connectivity index (χ1n) is 8.33. The van der Waals surface area contributed by atoms with Crippen molar-refractivity contribution in [2.24, 2.45) is 0 Å². The molecule has 1 amide bonds. The van der Waals surface area contributed by atoms with E-state index in [-0.39, 0.29) is 23.4 Å². The van der Waals surface area contributed by atoms with Gasteiger partial charge in [0.25, 0.3) is 0 Å². The maximum absolute atomic E-state index is 14.8. The molecule has 5 rings (SSSR count). The predicted octanol–water partition coefficient (Wildman–Crippen LogP) is 2.89. The Bertz CT molecular complexity index is 882. The lowest BCUT2D eigenvalue weighted by Gasteiger charge is -2.12. The molecule has 0 bridgehead atoms. The second-order valence-electron chi connectivity index (χ2n) is 7.03. The Hall–Kier alpha value is -2.50. The molecule has 0 saturated heterocycles. The average molecular weight is 328 g/mol. The van der Waals surface area contributed by atoms with Crippen molar-refractivity contribution in [3.05, 3.63) is 34.6 Å². The third-order valence-corrected chi connectivity index (χ3v) is 5.71. The highest BCUT2D eigenvalue weighted by atomic mass is 19.1. The van der Waals surface area contributed by atoms with Crippen molar-refractivity contribution < 1.29 is 19.4 Å². The lowest BCUT2D eigenvalue weighted by Crippen LogP contribution is -2.18. The van der Waals surface area contributed by atoms with Crippen LogP contribution >= 0.6 is 0 Å². The van der Waals surface area contributed by atoms with E-state index in [1.165, 1.54) is 12.1 Å². The summed E-state index contributed by atoms with van der Waals surface area (Å²) in [7, 11) is 0. The highest BCUT2D eigenvalue weighted by Crippen LogP contribution is 2.56. The standard InChI is InChI=1S/C18H17FN2O3/c19-12-7-11-13(20-17(24)18(11)5-6-18)8-14(12)21-15(22)9-3-1-2-4-10(9)16(21)23/h7-8,22-23H,1-6H2,(H,20,24). The summed E-state index contributed by atoms with van der Waals surface area (Å²) in [6.07, 6.45) is 4.70. The van der Waals surface area contributed by atoms with E-state index < -0.39 is 11.2 Å². The minimum atomic E-state index is -0.561. The second-order valence-corrected chi connectivity index (χ2v) is 7.03. The van der Waals surface area contributed by atoms with Crippen molar-refractivity contribution in [1.29, 1.82) is 0 Å². The van der Waals surface area contributed by atoms with Crippen LogP contribution in [0.25, 0.3) is 5.69 Å². The number of aromatic hydroxyl groups is 2. The SMILES string of the molecule is O=C1Nc2cc(-n3c(O)c4c(c3O)CCCC4)c(F)cc2C12CC2. The van der Waals surface area contributed by atoms with Gasteiger partial charge in [-0.05, 0) is 56.2 Å². The number of aromatic nitrogens is 1. The molecule has 0 radical (unpaired) electrons. The number of halogens is 1. The molecule has 1 aromatic carbocycles. The Morgan fingerprint density at radius 2 is 1.71 bits per heavy atom. The maximum atomic E-state index is 14.8. The average Bonchev–Trinajstić information content (AvgIpc) is 3.29. The highest BCUT2D eigenvalue weighted by Gasteiger charge is 2.56. The van der Waals surface area contributed by atoms with Gasteiger partial charge < -0.3 is 15.5 Å². The normalized spacial score (nSPS) is 20.0. The van der Waals surface area contributed by atoms with Crippen molar-refractivity contribution in [3.8, 4) is 17.4 Å². The number of benzene rings is 1. The van der Waals surface area contributed by atoms with Gasteiger partial charge in [0.15, 0.2) is 0 Å². The molecule has 0 unspecified atom stereocenters. The van der Waals surface area contributed by atoms with Gasteiger partial charge in [-0.25, -0.2) is 8.96 Å². The first kappa shape index (κ1) is 13.9. The summed E-state index contributed by atoms with van der Waals surface area (Å²) >= 11 is 0. The molecule has 3 N–H and O–H groups in total. The van der Waals surface area contributed by atoms with Gasteiger partial charge in [-0.2, -0.15) is 0 Å². The first-order chi connectivity index (χ1) is 11.5. The zero-order valence-corrected chi connectivity index (χ0v) is 13.0. The van der Waals surface area contributed by atoms with Crippen LogP contribution in [-0.4, -0.2) is 20.7 Å². The molecule has 2 aromatic rings. The number of carbonyl (C=O) groups excluding carboxylic acids is 1. The number of carbonyl (C=O) groups is 1. The van der Waals surface area contributed by atoms with Gasteiger partial charge in [0.05, 0.1) is 11.1 Å². The van der Waals surface area contributed by atoms with E-state index in [2.05, 4.69) is 5.32 Å². The van der Waals surface area contributed by atoms with Crippen LogP contribution in [-0.2, 0) is 23.1 Å². The Balaban J connectivity index is 1.71. The van der Waals surface area contributed by atoms with E-state index in [4.69, 9.17) is 0 Å². The van der Waals surface area contributed by atoms with Gasteiger partial charge >= 0.3 is 0 Å². The topological polar surface area (TPSA) is 74.5 Å². The molecule has 1 saturated carbocycles. The van der Waals surface area contributed by atoms with Crippen LogP contribution in [0.1, 0.15) is 42.4 Å². The smallest absolute Gasteiger partial charge is 0.235 e. The summed E-state index contributed by atoms with van der Waals surface area (Å²) in [5, 5.41) is 23.8. The van der Waals surface area contributed by atoms with Crippen LogP contribution in [0.3, 0.4) is 0 Å². The fourth-order valence-electron chi connectivity index (χ4n) is 4.22. The Labute approximate surface area is 137 Å². The molecule has 124 valence electrons. The summed E-state index contributed by atoms with van der Waals surface area (Å²) in [6, 6.07) is 2.88. The van der Waals surface area contributed by atoms with Crippen LogP contribution in [0.2, 0.25) is 0 Å². The monoisotopic (exact) mass is 328 g/mol. The predicted molar refractivity (Wildman–Crippen MR) is 85.2 cm³/mol. The zero-order chi connectivity index (χ0) is 16.6. The number of hydrogen-bond donors (Lipinski definition) is 3. The Morgan fingerprint density at radius 1 is 1.08 bits per heavy atom. The van der Waals surface area contributed by atoms with Gasteiger partial charge in [-0.1, -0.05) is 0 Å². The van der Waals surface area contributed by atoms with Crippen LogP contribution in [0.5, 0.6) is 11.8 Å². The van der Waals surface area contributed by atoms with E-state index in [0.29, 0.717) is 35.2 Å². The van der Waals surface area contributed by atoms with E-state index in [1.807, 2.05) is 0 Å². The minimum absolute atomic E-state index is 0.0659. The van der Waals surface area contributed by atoms with Gasteiger partial charge in [-0.15, -0.1) is 0 Å². The molecule has 5 nitrogen and oxygen atoms in total. The van der Waals surface area contributed by atoms with Gasteiger partial charge in [0.1, 0.15) is 5.82 Å². The second kappa shape index (κ2) is 4.32. The molecular weight excluding hydrogens is 311 g/mol. The number of hydrogen-bond acceptors (Lipinski definition) is 3. The van der Waals surface area contributed by atoms with Crippen LogP contribution in [0, 0.1) is 5.82 Å². The number of nitrogens with one attached hydrogen (secondary N) is 1. The molecule has 0 atom stereocenters. The molecule has 24 heavy (non-hydrogen) atoms. The van der Waals surface area contributed by atoms with E-state index in [9.17, 15) is 19.4 Å². The number of fused-ring (bicyclic) bond motifs is 3. The quantitative estimate of drug-likeness (QED) is 0.753. The van der Waals surface area contributed by atoms with E-state index >= 15 is 0 Å². The van der Waals surface area contributed by atoms with Crippen molar-refractivity contribution >= 4 is 11.6 Å². The Kier molecular flexibility index (Phi) is 2.50. The third kappa shape index (κ3) is 1.56. The molecule has 3 aliphatic rings. The van der Waals surface area contributed by atoms with Gasteiger partial charge in [-0.3, -0.25) is 4.79 Å². The summed E-state index contributed by atoms with van der Waals surface area (Å²) < 4.78 is 15.9. The van der Waals surface area contributed by atoms with E-state index in [0.717, 1.165) is 30.3 Å². The lowest BCUT2D eigenvalue weighted by atomic mass is 9.95. The highest BCUT2D eigenvalue weighted by molar-refractivity contribution is 6.08. The lowest BCUT2D eigenvalue weighted by molar-refractivity contribution is -0.117. The Morgan fingerprint density at radius 3 is 2.29 bits per heavy atom. The third-order valence-electron chi connectivity index (χ3n) is 5.71. The fourth-order valence-corrected chi connectivity index (χ4v) is 4.22. The number of amides is 1. The van der Waals surface area contributed by atoms with Crippen molar-refractivity contribution in [2.45, 2.75) is 43.9 Å². The summed E-state index contributed by atoms with van der Waals surface area (Å²) in [5.74, 6) is -0.846. The fraction of sp³-hybridized carbons (Fsp3) is 0.389. The van der Waals surface area contributed by atoms with Gasteiger partial charge in [0.2, 0.25) is 17.7 Å². The van der Waals surface area contributed by atoms with E-state index in [1.54, 1.807) is 0 Å². The molecule has 2 heterocycles. The van der Waals surface area contributed by atoms with Crippen LogP contribution in [0.15, 0.2) is 12.1 Å². The number of nitrogens with zero attached hydrogens (tertiary/aromatic N) is 1. The van der Waals surface area contributed by atoms with Crippen molar-refractivity contribution in [1.82, 2.24) is 4.57 Å². The molecule has 1 fully saturated rings. The first-order valence-corrected chi connectivity index (χ1v) is 8.33. The van der Waals surface area contributed by atoms with Crippen molar-refractivity contribution in [3.63, 3.8) is 0 Å². The molecule has 1 aliphatic heterocycles. The molecule has 1 spiro atoms. The molecular formula is C18H17FN2O3.